The molecule has 5 nitrogen and oxygen atoms in total. The molecule has 0 radical (unpaired) electrons. The van der Waals surface area contributed by atoms with Gasteiger partial charge in [-0.1, -0.05) is 0 Å². The topological polar surface area (TPSA) is 72.1 Å². The van der Waals surface area contributed by atoms with E-state index < -0.39 is 11.4 Å². The summed E-state index contributed by atoms with van der Waals surface area (Å²) in [6.07, 6.45) is 2.87. The van der Waals surface area contributed by atoms with Gasteiger partial charge in [-0.15, -0.1) is 0 Å². The van der Waals surface area contributed by atoms with Gasteiger partial charge in [0, 0.05) is 16.9 Å². The SMILES string of the molecule is COC(=O)c1c[nH]c2ncc(Br)cc2c1=O. The third-order valence-corrected chi connectivity index (χ3v) is 2.54. The van der Waals surface area contributed by atoms with Gasteiger partial charge in [0.2, 0.25) is 5.43 Å². The minimum Gasteiger partial charge on any atom is -0.465 e. The van der Waals surface area contributed by atoms with Gasteiger partial charge >= 0.3 is 5.97 Å². The first kappa shape index (κ1) is 10.8. The normalized spacial score (nSPS) is 10.4. The van der Waals surface area contributed by atoms with E-state index in [-0.39, 0.29) is 5.56 Å². The predicted octanol–water partition coefficient (Wildman–Crippen LogP) is 1.47. The summed E-state index contributed by atoms with van der Waals surface area (Å²) in [5.74, 6) is -0.664. The van der Waals surface area contributed by atoms with E-state index in [9.17, 15) is 9.59 Å². The molecule has 0 bridgehead atoms. The molecule has 0 atom stereocenters. The number of hydrogen-bond acceptors (Lipinski definition) is 4. The van der Waals surface area contributed by atoms with Crippen molar-refractivity contribution in [3.63, 3.8) is 0 Å². The molecule has 0 spiro atoms. The van der Waals surface area contributed by atoms with Crippen LogP contribution < -0.4 is 5.43 Å². The first-order valence-corrected chi connectivity index (χ1v) is 5.18. The van der Waals surface area contributed by atoms with Crippen LogP contribution in [0.25, 0.3) is 11.0 Å². The number of pyridine rings is 2. The highest BCUT2D eigenvalue weighted by Gasteiger charge is 2.13. The van der Waals surface area contributed by atoms with Crippen molar-refractivity contribution in [3.8, 4) is 0 Å². The molecular formula is C10H7BrN2O3. The van der Waals surface area contributed by atoms with Crippen molar-refractivity contribution in [1.29, 1.82) is 0 Å². The number of H-pyrrole nitrogens is 1. The summed E-state index contributed by atoms with van der Waals surface area (Å²) in [6, 6.07) is 1.60. The molecular weight excluding hydrogens is 276 g/mol. The van der Waals surface area contributed by atoms with E-state index in [1.54, 1.807) is 12.3 Å². The van der Waals surface area contributed by atoms with Crippen molar-refractivity contribution < 1.29 is 9.53 Å². The Morgan fingerprint density at radius 1 is 1.56 bits per heavy atom. The largest absolute Gasteiger partial charge is 0.465 e. The van der Waals surface area contributed by atoms with E-state index in [4.69, 9.17) is 0 Å². The molecule has 0 saturated heterocycles. The molecule has 2 heterocycles. The molecule has 0 aromatic carbocycles. The molecule has 0 aliphatic rings. The number of rotatable bonds is 1. The summed E-state index contributed by atoms with van der Waals surface area (Å²) >= 11 is 3.21. The number of aromatic amines is 1. The van der Waals surface area contributed by atoms with E-state index >= 15 is 0 Å². The van der Waals surface area contributed by atoms with Gasteiger partial charge in [0.05, 0.1) is 12.5 Å². The fraction of sp³-hybridized carbons (Fsp3) is 0.100. The highest BCUT2D eigenvalue weighted by Crippen LogP contribution is 2.13. The molecule has 0 aliphatic heterocycles. The highest BCUT2D eigenvalue weighted by atomic mass is 79.9. The van der Waals surface area contributed by atoms with Crippen LogP contribution in [-0.4, -0.2) is 23.0 Å². The summed E-state index contributed by atoms with van der Waals surface area (Å²) < 4.78 is 5.18. The maximum absolute atomic E-state index is 11.9. The van der Waals surface area contributed by atoms with E-state index in [0.717, 1.165) is 0 Å². The number of carbonyl (C=O) groups excluding carboxylic acids is 1. The number of carbonyl (C=O) groups is 1. The summed E-state index contributed by atoms with van der Waals surface area (Å²) in [7, 11) is 1.23. The van der Waals surface area contributed by atoms with Crippen LogP contribution in [0.1, 0.15) is 10.4 Å². The lowest BCUT2D eigenvalue weighted by molar-refractivity contribution is 0.0599. The maximum atomic E-state index is 11.9. The maximum Gasteiger partial charge on any atom is 0.343 e. The average Bonchev–Trinajstić information content (AvgIpc) is 2.29. The van der Waals surface area contributed by atoms with Gasteiger partial charge < -0.3 is 9.72 Å². The molecule has 2 aromatic heterocycles. The number of ether oxygens (including phenoxy) is 1. The number of hydrogen-bond donors (Lipinski definition) is 1. The van der Waals surface area contributed by atoms with Gasteiger partial charge in [0.15, 0.2) is 0 Å². The quantitative estimate of drug-likeness (QED) is 0.804. The summed E-state index contributed by atoms with van der Waals surface area (Å²) in [5, 5.41) is 0.345. The minimum absolute atomic E-state index is 0.0325. The van der Waals surface area contributed by atoms with Crippen LogP contribution in [0, 0.1) is 0 Å². The second kappa shape index (κ2) is 4.05. The zero-order chi connectivity index (χ0) is 11.7. The van der Waals surface area contributed by atoms with Crippen LogP contribution in [0.15, 0.2) is 27.7 Å². The second-order valence-electron chi connectivity index (χ2n) is 3.07. The Kier molecular flexibility index (Phi) is 2.74. The predicted molar refractivity (Wildman–Crippen MR) is 61.4 cm³/mol. The van der Waals surface area contributed by atoms with Crippen LogP contribution in [0.2, 0.25) is 0 Å². The molecule has 82 valence electrons. The number of fused-ring (bicyclic) bond motifs is 1. The molecule has 6 heteroatoms. The smallest absolute Gasteiger partial charge is 0.343 e. The first-order chi connectivity index (χ1) is 7.63. The summed E-state index contributed by atoms with van der Waals surface area (Å²) in [4.78, 5) is 30.0. The fourth-order valence-electron chi connectivity index (χ4n) is 1.34. The molecule has 16 heavy (non-hydrogen) atoms. The van der Waals surface area contributed by atoms with Crippen molar-refractivity contribution in [2.24, 2.45) is 0 Å². The van der Waals surface area contributed by atoms with E-state index in [2.05, 4.69) is 30.6 Å². The number of nitrogens with zero attached hydrogens (tertiary/aromatic N) is 1. The van der Waals surface area contributed by atoms with Gasteiger partial charge in [0.1, 0.15) is 11.2 Å². The van der Waals surface area contributed by atoms with Crippen molar-refractivity contribution >= 4 is 32.9 Å². The van der Waals surface area contributed by atoms with Crippen LogP contribution in [-0.2, 0) is 4.74 Å². The molecule has 2 rings (SSSR count). The third kappa shape index (κ3) is 1.71. The lowest BCUT2D eigenvalue weighted by Crippen LogP contribution is -2.17. The lowest BCUT2D eigenvalue weighted by Gasteiger charge is -2.01. The van der Waals surface area contributed by atoms with E-state index in [1.165, 1.54) is 13.3 Å². The Bertz CT molecular complexity index is 621. The average molecular weight is 283 g/mol. The van der Waals surface area contributed by atoms with Crippen LogP contribution >= 0.6 is 15.9 Å². The zero-order valence-corrected chi connectivity index (χ0v) is 9.87. The summed E-state index contributed by atoms with van der Waals surface area (Å²) in [6.45, 7) is 0. The Labute approximate surface area is 98.6 Å². The Balaban J connectivity index is 2.78. The lowest BCUT2D eigenvalue weighted by atomic mass is 10.2. The number of methoxy groups -OCH3 is 1. The fourth-order valence-corrected chi connectivity index (χ4v) is 1.67. The molecule has 0 saturated carbocycles. The van der Waals surface area contributed by atoms with Crippen molar-refractivity contribution in [1.82, 2.24) is 9.97 Å². The van der Waals surface area contributed by atoms with E-state index in [1.807, 2.05) is 0 Å². The number of esters is 1. The number of nitrogens with one attached hydrogen (secondary N) is 1. The van der Waals surface area contributed by atoms with Gasteiger partial charge in [0.25, 0.3) is 0 Å². The van der Waals surface area contributed by atoms with Gasteiger partial charge in [-0.3, -0.25) is 4.79 Å². The zero-order valence-electron chi connectivity index (χ0n) is 8.28. The highest BCUT2D eigenvalue weighted by molar-refractivity contribution is 9.10. The minimum atomic E-state index is -0.664. The third-order valence-electron chi connectivity index (χ3n) is 2.10. The molecule has 0 aliphatic carbocycles. The Morgan fingerprint density at radius 3 is 3.00 bits per heavy atom. The molecule has 1 N–H and O–H groups in total. The standard InChI is InChI=1S/C10H7BrN2O3/c1-16-10(15)7-4-13-9-6(8(7)14)2-5(11)3-12-9/h2-4H,1H3,(H,12,13,14). The number of halogens is 1. The molecule has 2 aromatic rings. The number of aromatic nitrogens is 2. The summed E-state index contributed by atoms with van der Waals surface area (Å²) in [5.41, 5.74) is 0.00477. The van der Waals surface area contributed by atoms with Gasteiger partial charge in [-0.25, -0.2) is 9.78 Å². The Hall–Kier alpha value is -1.69. The van der Waals surface area contributed by atoms with Crippen LogP contribution in [0.4, 0.5) is 0 Å². The Morgan fingerprint density at radius 2 is 2.31 bits per heavy atom. The van der Waals surface area contributed by atoms with Gasteiger partial charge in [-0.05, 0) is 22.0 Å². The molecule has 0 fully saturated rings. The van der Waals surface area contributed by atoms with Crippen molar-refractivity contribution in [2.75, 3.05) is 7.11 Å². The van der Waals surface area contributed by atoms with Crippen LogP contribution in [0.3, 0.4) is 0 Å². The van der Waals surface area contributed by atoms with Crippen molar-refractivity contribution in [3.05, 3.63) is 38.7 Å². The van der Waals surface area contributed by atoms with E-state index in [0.29, 0.717) is 15.5 Å². The van der Waals surface area contributed by atoms with Crippen molar-refractivity contribution in [2.45, 2.75) is 0 Å². The molecule has 0 unspecified atom stereocenters. The second-order valence-corrected chi connectivity index (χ2v) is 3.99. The van der Waals surface area contributed by atoms with Crippen LogP contribution in [0.5, 0.6) is 0 Å². The van der Waals surface area contributed by atoms with Gasteiger partial charge in [-0.2, -0.15) is 0 Å². The molecule has 0 amide bonds. The monoisotopic (exact) mass is 282 g/mol. The first-order valence-electron chi connectivity index (χ1n) is 4.38.